The van der Waals surface area contributed by atoms with Crippen molar-refractivity contribution in [3.05, 3.63) is 120 Å². The molecule has 0 spiro atoms. The fourth-order valence-corrected chi connectivity index (χ4v) is 5.38. The van der Waals surface area contributed by atoms with Crippen molar-refractivity contribution in [3.63, 3.8) is 0 Å². The van der Waals surface area contributed by atoms with E-state index in [2.05, 4.69) is 81.9 Å². The van der Waals surface area contributed by atoms with Crippen molar-refractivity contribution >= 4 is 43.6 Å². The van der Waals surface area contributed by atoms with E-state index in [0.717, 1.165) is 49.6 Å². The molecule has 7 aromatic rings. The third-order valence-electron chi connectivity index (χ3n) is 6.97. The van der Waals surface area contributed by atoms with Crippen LogP contribution in [-0.4, -0.2) is 9.13 Å². The zero-order valence-corrected chi connectivity index (χ0v) is 19.2. The van der Waals surface area contributed by atoms with Crippen LogP contribution >= 0.6 is 0 Å². The molecule has 0 bridgehead atoms. The highest BCUT2D eigenvalue weighted by molar-refractivity contribution is 6.12. The Morgan fingerprint density at radius 2 is 0.889 bits per heavy atom. The van der Waals surface area contributed by atoms with Crippen LogP contribution in [0, 0.1) is 22.7 Å². The van der Waals surface area contributed by atoms with Gasteiger partial charge in [-0.3, -0.25) is 0 Å². The second-order valence-corrected chi connectivity index (χ2v) is 8.91. The molecule has 5 aromatic carbocycles. The van der Waals surface area contributed by atoms with Crippen molar-refractivity contribution in [1.82, 2.24) is 9.13 Å². The van der Waals surface area contributed by atoms with Crippen LogP contribution in [-0.2, 0) is 0 Å². The van der Waals surface area contributed by atoms with Gasteiger partial charge in [-0.2, -0.15) is 10.5 Å². The number of hydrogen-bond acceptors (Lipinski definition) is 2. The Kier molecular flexibility index (Phi) is 4.24. The summed E-state index contributed by atoms with van der Waals surface area (Å²) < 4.78 is 4.53. The van der Waals surface area contributed by atoms with E-state index in [1.165, 1.54) is 5.39 Å². The molecule has 0 atom stereocenters. The Labute approximate surface area is 207 Å². The number of fused-ring (bicyclic) bond motifs is 6. The molecule has 0 saturated carbocycles. The quantitative estimate of drug-likeness (QED) is 0.267. The van der Waals surface area contributed by atoms with E-state index in [1.54, 1.807) is 0 Å². The average Bonchev–Trinajstić information content (AvgIpc) is 3.45. The van der Waals surface area contributed by atoms with Crippen molar-refractivity contribution in [2.24, 2.45) is 0 Å². The zero-order valence-electron chi connectivity index (χ0n) is 19.2. The van der Waals surface area contributed by atoms with Gasteiger partial charge in [-0.15, -0.1) is 0 Å². The molecule has 0 aliphatic carbocycles. The lowest BCUT2D eigenvalue weighted by atomic mass is 10.1. The predicted octanol–water partition coefficient (Wildman–Crippen LogP) is 7.62. The monoisotopic (exact) mass is 458 g/mol. The van der Waals surface area contributed by atoms with E-state index in [1.807, 2.05) is 48.5 Å². The van der Waals surface area contributed by atoms with Gasteiger partial charge in [0.25, 0.3) is 0 Å². The van der Waals surface area contributed by atoms with Crippen LogP contribution in [0.5, 0.6) is 0 Å². The van der Waals surface area contributed by atoms with Gasteiger partial charge in [0.2, 0.25) is 0 Å². The summed E-state index contributed by atoms with van der Waals surface area (Å²) >= 11 is 0. The molecule has 0 N–H and O–H groups in total. The Morgan fingerprint density at radius 3 is 1.53 bits per heavy atom. The summed E-state index contributed by atoms with van der Waals surface area (Å²) in [6, 6.07) is 41.4. The van der Waals surface area contributed by atoms with E-state index in [-0.39, 0.29) is 0 Å². The zero-order chi connectivity index (χ0) is 24.2. The molecule has 0 aliphatic rings. The minimum atomic E-state index is 0.646. The van der Waals surface area contributed by atoms with Crippen LogP contribution < -0.4 is 0 Å². The SMILES string of the molecule is N#Cc1ccc(-n2c3ccccc3c3cc(-n4c5ccccc5c5cc(C#N)ccc54)ccc32)cc1. The molecule has 0 aliphatic heterocycles. The largest absolute Gasteiger partial charge is 0.309 e. The molecule has 2 heterocycles. The topological polar surface area (TPSA) is 57.4 Å². The van der Waals surface area contributed by atoms with Crippen molar-refractivity contribution in [1.29, 1.82) is 10.5 Å². The summed E-state index contributed by atoms with van der Waals surface area (Å²) in [6.07, 6.45) is 0. The molecule has 2 aromatic heterocycles. The summed E-state index contributed by atoms with van der Waals surface area (Å²) in [5, 5.41) is 23.2. The van der Waals surface area contributed by atoms with Gasteiger partial charge < -0.3 is 9.13 Å². The number of rotatable bonds is 2. The van der Waals surface area contributed by atoms with Crippen molar-refractivity contribution in [2.45, 2.75) is 0 Å². The number of benzene rings is 5. The predicted molar refractivity (Wildman–Crippen MR) is 145 cm³/mol. The van der Waals surface area contributed by atoms with Gasteiger partial charge in [-0.05, 0) is 72.8 Å². The maximum absolute atomic E-state index is 9.46. The summed E-state index contributed by atoms with van der Waals surface area (Å²) in [7, 11) is 0. The standard InChI is InChI=1S/C32H18N4/c33-19-21-9-12-23(13-10-21)35-29-7-3-2-6-26(29)28-18-24(14-16-32(28)35)36-30-8-4-1-5-25(30)27-17-22(20-34)11-15-31(27)36/h1-18H. The highest BCUT2D eigenvalue weighted by Gasteiger charge is 2.16. The van der Waals surface area contributed by atoms with Crippen LogP contribution in [0.25, 0.3) is 55.0 Å². The third-order valence-corrected chi connectivity index (χ3v) is 6.97. The lowest BCUT2D eigenvalue weighted by molar-refractivity contribution is 1.16. The highest BCUT2D eigenvalue weighted by atomic mass is 15.0. The highest BCUT2D eigenvalue weighted by Crippen LogP contribution is 2.37. The number of nitrogens with zero attached hydrogens (tertiary/aromatic N) is 4. The summed E-state index contributed by atoms with van der Waals surface area (Å²) in [5.41, 5.74) is 7.81. The maximum atomic E-state index is 9.46. The van der Waals surface area contributed by atoms with Gasteiger partial charge in [0.05, 0.1) is 45.3 Å². The van der Waals surface area contributed by atoms with Gasteiger partial charge in [0.15, 0.2) is 0 Å². The van der Waals surface area contributed by atoms with Crippen LogP contribution in [0.15, 0.2) is 109 Å². The first-order valence-corrected chi connectivity index (χ1v) is 11.7. The van der Waals surface area contributed by atoms with E-state index < -0.39 is 0 Å². The molecule has 0 unspecified atom stereocenters. The van der Waals surface area contributed by atoms with Gasteiger partial charge >= 0.3 is 0 Å². The number of nitriles is 2. The Balaban J connectivity index is 1.54. The Hall–Kier alpha value is -5.32. The molecule has 4 nitrogen and oxygen atoms in total. The van der Waals surface area contributed by atoms with E-state index in [9.17, 15) is 10.5 Å². The molecule has 0 saturated heterocycles. The third kappa shape index (κ3) is 2.79. The molecule has 0 fully saturated rings. The van der Waals surface area contributed by atoms with Gasteiger partial charge in [0, 0.05) is 32.9 Å². The minimum absolute atomic E-state index is 0.646. The molecule has 166 valence electrons. The first-order valence-electron chi connectivity index (χ1n) is 11.7. The molecule has 36 heavy (non-hydrogen) atoms. The fourth-order valence-electron chi connectivity index (χ4n) is 5.38. The lowest BCUT2D eigenvalue weighted by Crippen LogP contribution is -1.96. The second-order valence-electron chi connectivity index (χ2n) is 8.91. The maximum Gasteiger partial charge on any atom is 0.0991 e. The summed E-state index contributed by atoms with van der Waals surface area (Å²) in [6.45, 7) is 0. The Bertz CT molecular complexity index is 2060. The van der Waals surface area contributed by atoms with Gasteiger partial charge in [0.1, 0.15) is 0 Å². The van der Waals surface area contributed by atoms with Crippen LogP contribution in [0.4, 0.5) is 0 Å². The average molecular weight is 459 g/mol. The van der Waals surface area contributed by atoms with Crippen molar-refractivity contribution < 1.29 is 0 Å². The summed E-state index contributed by atoms with van der Waals surface area (Å²) in [4.78, 5) is 0. The van der Waals surface area contributed by atoms with Crippen LogP contribution in [0.2, 0.25) is 0 Å². The summed E-state index contributed by atoms with van der Waals surface area (Å²) in [5.74, 6) is 0. The normalized spacial score (nSPS) is 11.3. The van der Waals surface area contributed by atoms with Crippen molar-refractivity contribution in [3.8, 4) is 23.5 Å². The van der Waals surface area contributed by atoms with Gasteiger partial charge in [-0.25, -0.2) is 0 Å². The lowest BCUT2D eigenvalue weighted by Gasteiger charge is -2.10. The van der Waals surface area contributed by atoms with Crippen LogP contribution in [0.3, 0.4) is 0 Å². The fraction of sp³-hybridized carbons (Fsp3) is 0. The molecular formula is C32H18N4. The first-order chi connectivity index (χ1) is 17.8. The first kappa shape index (κ1) is 20.1. The molecule has 0 radical (unpaired) electrons. The van der Waals surface area contributed by atoms with Crippen molar-refractivity contribution in [2.75, 3.05) is 0 Å². The molecule has 4 heteroatoms. The number of para-hydroxylation sites is 2. The minimum Gasteiger partial charge on any atom is -0.309 e. The van der Waals surface area contributed by atoms with E-state index in [4.69, 9.17) is 0 Å². The number of hydrogen-bond donors (Lipinski definition) is 0. The van der Waals surface area contributed by atoms with Crippen LogP contribution in [0.1, 0.15) is 11.1 Å². The molecule has 7 rings (SSSR count). The molecule has 0 amide bonds. The number of aromatic nitrogens is 2. The van der Waals surface area contributed by atoms with E-state index >= 15 is 0 Å². The smallest absolute Gasteiger partial charge is 0.0991 e. The molecular weight excluding hydrogens is 440 g/mol. The van der Waals surface area contributed by atoms with E-state index in [0.29, 0.717) is 11.1 Å². The Morgan fingerprint density at radius 1 is 0.417 bits per heavy atom. The second kappa shape index (κ2) is 7.60. The van der Waals surface area contributed by atoms with Gasteiger partial charge in [-0.1, -0.05) is 36.4 Å².